The quantitative estimate of drug-likeness (QED) is 0.570. The van der Waals surface area contributed by atoms with Crippen molar-refractivity contribution in [2.24, 2.45) is 0 Å². The van der Waals surface area contributed by atoms with Crippen molar-refractivity contribution in [2.45, 2.75) is 12.7 Å². The molecule has 1 atom stereocenters. The fourth-order valence-electron chi connectivity index (χ4n) is 1.75. The number of hydrogen-bond donors (Lipinski definition) is 0. The molecular weight excluding hydrogens is 184 g/mol. The standard InChI is InChI=1S/C10H6O4/c11-9-5-1-2-7-6(3-5)4-8(13-9)14-10(7)12/h1-3,8H,4H2. The highest BCUT2D eigenvalue weighted by molar-refractivity contribution is 5.97. The summed E-state index contributed by atoms with van der Waals surface area (Å²) in [6, 6.07) is 4.88. The van der Waals surface area contributed by atoms with Crippen LogP contribution in [-0.4, -0.2) is 18.2 Å². The molecule has 3 bridgehead atoms. The summed E-state index contributed by atoms with van der Waals surface area (Å²) in [4.78, 5) is 22.7. The van der Waals surface area contributed by atoms with Gasteiger partial charge in [-0.1, -0.05) is 0 Å². The number of benzene rings is 1. The van der Waals surface area contributed by atoms with E-state index in [2.05, 4.69) is 0 Å². The number of fused-ring (bicyclic) bond motifs is 2. The molecular formula is C10H6O4. The van der Waals surface area contributed by atoms with Gasteiger partial charge >= 0.3 is 11.9 Å². The first-order chi connectivity index (χ1) is 6.74. The highest BCUT2D eigenvalue weighted by Crippen LogP contribution is 2.26. The average molecular weight is 190 g/mol. The zero-order chi connectivity index (χ0) is 9.71. The fourth-order valence-corrected chi connectivity index (χ4v) is 1.75. The van der Waals surface area contributed by atoms with Gasteiger partial charge in [0.2, 0.25) is 0 Å². The molecule has 0 fully saturated rings. The van der Waals surface area contributed by atoms with Crippen molar-refractivity contribution in [3.8, 4) is 0 Å². The molecule has 1 aromatic carbocycles. The van der Waals surface area contributed by atoms with Crippen LogP contribution >= 0.6 is 0 Å². The van der Waals surface area contributed by atoms with Crippen molar-refractivity contribution in [1.82, 2.24) is 0 Å². The lowest BCUT2D eigenvalue weighted by Crippen LogP contribution is -2.29. The van der Waals surface area contributed by atoms with Gasteiger partial charge in [-0.05, 0) is 23.8 Å². The molecule has 0 radical (unpaired) electrons. The van der Waals surface area contributed by atoms with Gasteiger partial charge in [-0.2, -0.15) is 0 Å². The van der Waals surface area contributed by atoms with Gasteiger partial charge in [0.25, 0.3) is 6.29 Å². The summed E-state index contributed by atoms with van der Waals surface area (Å²) in [6.45, 7) is 0. The van der Waals surface area contributed by atoms with Crippen LogP contribution in [0.3, 0.4) is 0 Å². The Balaban J connectivity index is 2.28. The SMILES string of the molecule is O=C1OC2Cc3cc1ccc3C(=O)O2. The van der Waals surface area contributed by atoms with E-state index in [0.717, 1.165) is 5.56 Å². The van der Waals surface area contributed by atoms with Crippen molar-refractivity contribution in [2.75, 3.05) is 0 Å². The van der Waals surface area contributed by atoms with E-state index in [-0.39, 0.29) is 0 Å². The second kappa shape index (κ2) is 2.35. The van der Waals surface area contributed by atoms with E-state index in [4.69, 9.17) is 9.47 Å². The molecule has 4 nitrogen and oxygen atoms in total. The maximum Gasteiger partial charge on any atom is 0.341 e. The third-order valence-corrected chi connectivity index (χ3v) is 2.42. The number of carbonyl (C=O) groups is 2. The summed E-state index contributed by atoms with van der Waals surface area (Å²) < 4.78 is 9.86. The maximum absolute atomic E-state index is 11.4. The highest BCUT2D eigenvalue weighted by Gasteiger charge is 2.32. The normalized spacial score (nSPS) is 22.7. The van der Waals surface area contributed by atoms with Crippen molar-refractivity contribution >= 4 is 11.9 Å². The summed E-state index contributed by atoms with van der Waals surface area (Å²) >= 11 is 0. The molecule has 3 rings (SSSR count). The average Bonchev–Trinajstić information content (AvgIpc) is 2.20. The van der Waals surface area contributed by atoms with E-state index >= 15 is 0 Å². The van der Waals surface area contributed by atoms with Crippen LogP contribution in [-0.2, 0) is 15.9 Å². The van der Waals surface area contributed by atoms with Gasteiger partial charge in [0, 0.05) is 6.42 Å². The van der Waals surface area contributed by atoms with Gasteiger partial charge in [-0.3, -0.25) is 0 Å². The summed E-state index contributed by atoms with van der Waals surface area (Å²) in [6.07, 6.45) is -0.289. The second-order valence-electron chi connectivity index (χ2n) is 3.32. The Morgan fingerprint density at radius 1 is 1.14 bits per heavy atom. The number of rotatable bonds is 0. The topological polar surface area (TPSA) is 52.6 Å². The number of ether oxygens (including phenoxy) is 2. The van der Waals surface area contributed by atoms with Crippen molar-refractivity contribution < 1.29 is 19.1 Å². The molecule has 2 heterocycles. The molecule has 0 amide bonds. The zero-order valence-electron chi connectivity index (χ0n) is 7.15. The van der Waals surface area contributed by atoms with Crippen LogP contribution < -0.4 is 0 Å². The molecule has 2 aliphatic heterocycles. The van der Waals surface area contributed by atoms with Crippen LogP contribution in [0.5, 0.6) is 0 Å². The van der Waals surface area contributed by atoms with Crippen LogP contribution in [0.2, 0.25) is 0 Å². The lowest BCUT2D eigenvalue weighted by atomic mass is 10.0. The highest BCUT2D eigenvalue weighted by atomic mass is 16.7. The number of esters is 2. The third kappa shape index (κ3) is 0.878. The minimum atomic E-state index is -0.748. The molecule has 0 saturated heterocycles. The lowest BCUT2D eigenvalue weighted by Gasteiger charge is -2.20. The van der Waals surface area contributed by atoms with E-state index in [1.54, 1.807) is 18.2 Å². The van der Waals surface area contributed by atoms with E-state index in [1.807, 2.05) is 0 Å². The lowest BCUT2D eigenvalue weighted by molar-refractivity contribution is -0.0813. The predicted molar refractivity (Wildman–Crippen MR) is 44.8 cm³/mol. The Kier molecular flexibility index (Phi) is 1.27. The first-order valence-electron chi connectivity index (χ1n) is 4.29. The molecule has 0 aromatic heterocycles. The Morgan fingerprint density at radius 2 is 1.93 bits per heavy atom. The van der Waals surface area contributed by atoms with Crippen molar-refractivity contribution in [1.29, 1.82) is 0 Å². The molecule has 70 valence electrons. The van der Waals surface area contributed by atoms with E-state index in [9.17, 15) is 9.59 Å². The minimum absolute atomic E-state index is 0.419. The molecule has 0 spiro atoms. The molecule has 4 heteroatoms. The van der Waals surface area contributed by atoms with Gasteiger partial charge in [0.15, 0.2) is 0 Å². The van der Waals surface area contributed by atoms with Gasteiger partial charge in [-0.15, -0.1) is 0 Å². The largest absolute Gasteiger partial charge is 0.421 e. The maximum atomic E-state index is 11.4. The third-order valence-electron chi connectivity index (χ3n) is 2.42. The summed E-state index contributed by atoms with van der Waals surface area (Å²) in [5, 5.41) is 0. The smallest absolute Gasteiger partial charge is 0.341 e. The number of carbonyl (C=O) groups excluding carboxylic acids is 2. The van der Waals surface area contributed by atoms with Gasteiger partial charge < -0.3 is 9.47 Å². The summed E-state index contributed by atoms with van der Waals surface area (Å²) in [5.41, 5.74) is 1.84. The monoisotopic (exact) mass is 190 g/mol. The predicted octanol–water partition coefficient (Wildman–Crippen LogP) is 0.896. The number of hydrogen-bond acceptors (Lipinski definition) is 4. The minimum Gasteiger partial charge on any atom is -0.421 e. The van der Waals surface area contributed by atoms with E-state index in [0.29, 0.717) is 17.5 Å². The Morgan fingerprint density at radius 3 is 2.79 bits per heavy atom. The first-order valence-corrected chi connectivity index (χ1v) is 4.29. The Hall–Kier alpha value is -1.84. The van der Waals surface area contributed by atoms with Crippen molar-refractivity contribution in [3.63, 3.8) is 0 Å². The molecule has 1 unspecified atom stereocenters. The molecule has 2 aliphatic rings. The second-order valence-corrected chi connectivity index (χ2v) is 3.32. The van der Waals surface area contributed by atoms with Gasteiger partial charge in [0.05, 0.1) is 11.1 Å². The Labute approximate surface area is 79.4 Å². The molecule has 1 aromatic rings. The van der Waals surface area contributed by atoms with Gasteiger partial charge in [0.1, 0.15) is 0 Å². The Bertz CT molecular complexity index is 449. The van der Waals surface area contributed by atoms with Crippen LogP contribution in [0.1, 0.15) is 26.3 Å². The summed E-state index contributed by atoms with van der Waals surface area (Å²) in [5.74, 6) is -0.854. The summed E-state index contributed by atoms with van der Waals surface area (Å²) in [7, 11) is 0. The van der Waals surface area contributed by atoms with Crippen molar-refractivity contribution in [3.05, 3.63) is 34.9 Å². The zero-order valence-corrected chi connectivity index (χ0v) is 7.15. The molecule has 0 aliphatic carbocycles. The van der Waals surface area contributed by atoms with Gasteiger partial charge in [-0.25, -0.2) is 9.59 Å². The van der Waals surface area contributed by atoms with Crippen LogP contribution in [0, 0.1) is 0 Å². The molecule has 0 saturated carbocycles. The van der Waals surface area contributed by atoms with E-state index < -0.39 is 18.2 Å². The molecule has 14 heavy (non-hydrogen) atoms. The van der Waals surface area contributed by atoms with Crippen LogP contribution in [0.25, 0.3) is 0 Å². The van der Waals surface area contributed by atoms with Crippen LogP contribution in [0.4, 0.5) is 0 Å². The fraction of sp³-hybridized carbons (Fsp3) is 0.200. The van der Waals surface area contributed by atoms with E-state index in [1.165, 1.54) is 0 Å². The molecule has 0 N–H and O–H groups in total. The van der Waals surface area contributed by atoms with Crippen LogP contribution in [0.15, 0.2) is 18.2 Å². The first kappa shape index (κ1) is 7.55.